The zero-order valence-electron chi connectivity index (χ0n) is 17.7. The molecule has 4 rings (SSSR count). The van der Waals surface area contributed by atoms with Crippen LogP contribution in [0.4, 0.5) is 0 Å². The second-order valence-corrected chi connectivity index (χ2v) is 10.1. The third-order valence-electron chi connectivity index (χ3n) is 5.89. The molecule has 0 fully saturated rings. The molecule has 0 bridgehead atoms. The van der Waals surface area contributed by atoms with E-state index >= 15 is 0 Å². The van der Waals surface area contributed by atoms with Gasteiger partial charge in [0.1, 0.15) is 5.75 Å². The maximum Gasteiger partial charge on any atom is 0.134 e. The van der Waals surface area contributed by atoms with Gasteiger partial charge < -0.3 is 15.5 Å². The summed E-state index contributed by atoms with van der Waals surface area (Å²) < 4.78 is 7.14. The molecule has 1 aliphatic rings. The Hall–Kier alpha value is -1.47. The number of ether oxygens (including phenoxy) is 1. The molecule has 2 aromatic carbocycles. The molecule has 0 saturated carbocycles. The van der Waals surface area contributed by atoms with Gasteiger partial charge in [0.15, 0.2) is 0 Å². The fourth-order valence-electron chi connectivity index (χ4n) is 4.36. The average Bonchev–Trinajstić information content (AvgIpc) is 3.09. The van der Waals surface area contributed by atoms with Gasteiger partial charge in [-0.3, -0.25) is 4.90 Å². The maximum atomic E-state index is 6.63. The van der Waals surface area contributed by atoms with Crippen molar-refractivity contribution < 1.29 is 4.74 Å². The average molecular weight is 488 g/mol. The number of aromatic amines is 1. The summed E-state index contributed by atoms with van der Waals surface area (Å²) in [6, 6.07) is 15.1. The first-order chi connectivity index (χ1) is 14.6. The summed E-state index contributed by atoms with van der Waals surface area (Å²) in [4.78, 5) is 6.08. The topological polar surface area (TPSA) is 54.3 Å². The highest BCUT2D eigenvalue weighted by molar-refractivity contribution is 9.10. The lowest BCUT2D eigenvalue weighted by molar-refractivity contribution is 0.204. The van der Waals surface area contributed by atoms with Gasteiger partial charge >= 0.3 is 0 Å². The number of benzene rings is 2. The Morgan fingerprint density at radius 3 is 2.87 bits per heavy atom. The number of thioether (sulfide) groups is 1. The van der Waals surface area contributed by atoms with E-state index in [1.165, 1.54) is 22.2 Å². The van der Waals surface area contributed by atoms with Crippen LogP contribution in [0.5, 0.6) is 5.75 Å². The molecule has 0 spiro atoms. The summed E-state index contributed by atoms with van der Waals surface area (Å²) in [7, 11) is 2.18. The Morgan fingerprint density at radius 1 is 1.30 bits per heavy atom. The predicted molar refractivity (Wildman–Crippen MR) is 132 cm³/mol. The van der Waals surface area contributed by atoms with Crippen LogP contribution in [0.25, 0.3) is 10.9 Å². The third-order valence-corrected chi connectivity index (χ3v) is 7.54. The number of nitrogens with two attached hydrogens (primary N) is 1. The number of hydrogen-bond acceptors (Lipinski definition) is 4. The highest BCUT2D eigenvalue weighted by Crippen LogP contribution is 2.39. The van der Waals surface area contributed by atoms with Crippen molar-refractivity contribution in [2.24, 2.45) is 5.73 Å². The smallest absolute Gasteiger partial charge is 0.134 e. The molecule has 2 unspecified atom stereocenters. The minimum atomic E-state index is 0.108. The quantitative estimate of drug-likeness (QED) is 0.460. The number of H-pyrrole nitrogens is 1. The largest absolute Gasteiger partial charge is 0.492 e. The summed E-state index contributed by atoms with van der Waals surface area (Å²) in [6.45, 7) is 3.87. The van der Waals surface area contributed by atoms with Gasteiger partial charge in [-0.05, 0) is 58.4 Å². The molecule has 2 atom stereocenters. The predicted octanol–water partition coefficient (Wildman–Crippen LogP) is 5.16. The van der Waals surface area contributed by atoms with Crippen molar-refractivity contribution in [1.29, 1.82) is 0 Å². The van der Waals surface area contributed by atoms with Crippen molar-refractivity contribution in [2.45, 2.75) is 31.8 Å². The molecule has 3 aromatic rings. The fourth-order valence-corrected chi connectivity index (χ4v) is 5.51. The number of hydrogen-bond donors (Lipinski definition) is 2. The van der Waals surface area contributed by atoms with Gasteiger partial charge in [-0.15, -0.1) is 0 Å². The first kappa shape index (κ1) is 21.8. The van der Waals surface area contributed by atoms with Crippen molar-refractivity contribution >= 4 is 38.6 Å². The van der Waals surface area contributed by atoms with Crippen LogP contribution in [0.15, 0.2) is 46.9 Å². The maximum absolute atomic E-state index is 6.63. The Kier molecular flexibility index (Phi) is 7.08. The number of halogens is 1. The van der Waals surface area contributed by atoms with Crippen molar-refractivity contribution in [3.05, 3.63) is 63.8 Å². The van der Waals surface area contributed by atoms with Gasteiger partial charge in [0.05, 0.1) is 17.1 Å². The fraction of sp³-hybridized carbons (Fsp3) is 0.417. The van der Waals surface area contributed by atoms with Crippen molar-refractivity contribution in [3.63, 3.8) is 0 Å². The van der Waals surface area contributed by atoms with Crippen LogP contribution in [0.3, 0.4) is 0 Å². The summed E-state index contributed by atoms with van der Waals surface area (Å²) in [6.07, 6.45) is 1.93. The second-order valence-electron chi connectivity index (χ2n) is 7.93. The molecule has 0 radical (unpaired) electrons. The van der Waals surface area contributed by atoms with E-state index in [2.05, 4.69) is 76.2 Å². The van der Waals surface area contributed by atoms with Crippen molar-refractivity contribution in [3.8, 4) is 5.75 Å². The zero-order chi connectivity index (χ0) is 21.1. The molecular formula is C24H30BrN3OS. The second kappa shape index (κ2) is 9.77. The van der Waals surface area contributed by atoms with Gasteiger partial charge in [0, 0.05) is 41.4 Å². The normalized spacial score (nSPS) is 17.8. The number of likely N-dealkylation sites (N-methyl/N-ethyl adjacent to an activating group) is 1. The highest BCUT2D eigenvalue weighted by Gasteiger charge is 2.32. The van der Waals surface area contributed by atoms with Crippen LogP contribution in [-0.4, -0.2) is 47.6 Å². The molecule has 2 heterocycles. The SMILES string of the molecule is CCSCC(N)C1c2[nH]c3cc(Br)c(OCCc4ccccc4)cc3c2CCN1C. The van der Waals surface area contributed by atoms with E-state index in [1.807, 2.05) is 17.8 Å². The first-order valence-electron chi connectivity index (χ1n) is 10.6. The summed E-state index contributed by atoms with van der Waals surface area (Å²) in [5.74, 6) is 2.97. The van der Waals surface area contributed by atoms with E-state index < -0.39 is 0 Å². The van der Waals surface area contributed by atoms with Crippen LogP contribution >= 0.6 is 27.7 Å². The molecule has 0 saturated heterocycles. The number of nitrogens with one attached hydrogen (secondary N) is 1. The standard InChI is InChI=1S/C24H30BrN3OS/c1-3-30-15-20(26)24-23-17(9-11-28(24)2)18-13-22(19(25)14-21(18)27-23)29-12-10-16-7-5-4-6-8-16/h4-8,13-14,20,24,27H,3,9-12,15,26H2,1-2H3. The van der Waals surface area contributed by atoms with Crippen LogP contribution in [0.2, 0.25) is 0 Å². The molecule has 3 N–H and O–H groups in total. The van der Waals surface area contributed by atoms with Gasteiger partial charge in [-0.2, -0.15) is 11.8 Å². The molecular weight excluding hydrogens is 458 g/mol. The number of nitrogens with zero attached hydrogens (tertiary/aromatic N) is 1. The van der Waals surface area contributed by atoms with Crippen LogP contribution in [-0.2, 0) is 12.8 Å². The van der Waals surface area contributed by atoms with Gasteiger partial charge in [0.25, 0.3) is 0 Å². The summed E-state index contributed by atoms with van der Waals surface area (Å²) in [5.41, 5.74) is 11.7. The Balaban J connectivity index is 1.58. The Bertz CT molecular complexity index is 991. The molecule has 0 aliphatic carbocycles. The Labute approximate surface area is 191 Å². The van der Waals surface area contributed by atoms with E-state index in [9.17, 15) is 0 Å². The molecule has 30 heavy (non-hydrogen) atoms. The molecule has 6 heteroatoms. The zero-order valence-corrected chi connectivity index (χ0v) is 20.1. The lowest BCUT2D eigenvalue weighted by Gasteiger charge is -2.36. The first-order valence-corrected chi connectivity index (χ1v) is 12.6. The lowest BCUT2D eigenvalue weighted by Crippen LogP contribution is -2.44. The number of fused-ring (bicyclic) bond motifs is 3. The monoisotopic (exact) mass is 487 g/mol. The number of rotatable bonds is 8. The van der Waals surface area contributed by atoms with Gasteiger partial charge in [-0.25, -0.2) is 0 Å². The van der Waals surface area contributed by atoms with E-state index in [0.717, 1.165) is 46.6 Å². The third kappa shape index (κ3) is 4.57. The van der Waals surface area contributed by atoms with Gasteiger partial charge in [-0.1, -0.05) is 37.3 Å². The molecule has 1 aliphatic heterocycles. The van der Waals surface area contributed by atoms with Gasteiger partial charge in [0.2, 0.25) is 0 Å². The van der Waals surface area contributed by atoms with Crippen LogP contribution in [0, 0.1) is 0 Å². The van der Waals surface area contributed by atoms with E-state index in [1.54, 1.807) is 0 Å². The minimum Gasteiger partial charge on any atom is -0.492 e. The molecule has 160 valence electrons. The Morgan fingerprint density at radius 2 is 2.10 bits per heavy atom. The van der Waals surface area contributed by atoms with Crippen LogP contribution in [0.1, 0.15) is 29.8 Å². The van der Waals surface area contributed by atoms with Crippen LogP contribution < -0.4 is 10.5 Å². The molecule has 1 aromatic heterocycles. The molecule has 4 nitrogen and oxygen atoms in total. The van der Waals surface area contributed by atoms with E-state index in [0.29, 0.717) is 6.61 Å². The van der Waals surface area contributed by atoms with E-state index in [-0.39, 0.29) is 12.1 Å². The summed E-state index contributed by atoms with van der Waals surface area (Å²) in [5, 5.41) is 1.26. The lowest BCUT2D eigenvalue weighted by atomic mass is 9.94. The number of aromatic nitrogens is 1. The minimum absolute atomic E-state index is 0.108. The van der Waals surface area contributed by atoms with Crippen molar-refractivity contribution in [1.82, 2.24) is 9.88 Å². The van der Waals surface area contributed by atoms with E-state index in [4.69, 9.17) is 10.5 Å². The highest BCUT2D eigenvalue weighted by atomic mass is 79.9. The van der Waals surface area contributed by atoms with Crippen molar-refractivity contribution in [2.75, 3.05) is 31.7 Å². The summed E-state index contributed by atoms with van der Waals surface area (Å²) >= 11 is 5.62. The molecule has 0 amide bonds.